The van der Waals surface area contributed by atoms with E-state index in [0.29, 0.717) is 17.3 Å². The number of carbonyl (C=O) groups excluding carboxylic acids is 2. The van der Waals surface area contributed by atoms with Gasteiger partial charge >= 0.3 is 0 Å². The Morgan fingerprint density at radius 3 is 2.30 bits per heavy atom. The number of aromatic amines is 1. The van der Waals surface area contributed by atoms with E-state index in [0.717, 1.165) is 48.3 Å². The van der Waals surface area contributed by atoms with Crippen molar-refractivity contribution in [2.24, 2.45) is 7.05 Å². The number of sulfonamides is 1. The van der Waals surface area contributed by atoms with Gasteiger partial charge in [-0.05, 0) is 51.2 Å². The summed E-state index contributed by atoms with van der Waals surface area (Å²) < 4.78 is 57.7. The number of amides is 2. The first-order valence-electron chi connectivity index (χ1n) is 14.5. The number of likely N-dealkylation sites (N-methyl/N-ethyl adjacent to an activating group) is 1. The lowest BCUT2D eigenvalue weighted by Crippen LogP contribution is -2.44. The van der Waals surface area contributed by atoms with Crippen LogP contribution in [0.1, 0.15) is 46.0 Å². The number of benzene rings is 2. The minimum absolute atomic E-state index is 0.0846. The predicted molar refractivity (Wildman–Crippen MR) is 166 cm³/mol. The highest BCUT2D eigenvalue weighted by atomic mass is 32.2. The van der Waals surface area contributed by atoms with Crippen molar-refractivity contribution in [1.29, 1.82) is 0 Å². The van der Waals surface area contributed by atoms with E-state index in [9.17, 15) is 26.8 Å². The number of hydrogen-bond donors (Lipinski definition) is 3. The van der Waals surface area contributed by atoms with Gasteiger partial charge in [-0.2, -0.15) is 9.40 Å². The molecule has 6 rings (SSSR count). The Labute approximate surface area is 264 Å². The lowest BCUT2D eigenvalue weighted by atomic mass is 10.0. The van der Waals surface area contributed by atoms with Gasteiger partial charge in [0.05, 0.1) is 33.7 Å². The standard InChI is InChI=1S/C30H33F2N9O4S/c1-30(2)26-23(15-41(30)46(44,45)21-12-18(31)11-19(32)13-21)27(37-36-26)35-28(42)22-6-5-20(40-9-7-38(3)8-10-40)14-24(22)34-29(43)25-16-39(4)17-33-25/h5-6,11-14,16-17H,7-10,15H2,1-4H3,(H,34,43)(H2,35,36,37,42). The number of aromatic nitrogens is 4. The van der Waals surface area contributed by atoms with Gasteiger partial charge in [0.25, 0.3) is 11.8 Å². The summed E-state index contributed by atoms with van der Waals surface area (Å²) in [6, 6.07) is 7.28. The van der Waals surface area contributed by atoms with E-state index in [1.165, 1.54) is 6.33 Å². The van der Waals surface area contributed by atoms with Gasteiger partial charge in [-0.25, -0.2) is 22.2 Å². The fourth-order valence-electron chi connectivity index (χ4n) is 5.77. The summed E-state index contributed by atoms with van der Waals surface area (Å²) in [5, 5.41) is 12.6. The summed E-state index contributed by atoms with van der Waals surface area (Å²) in [4.78, 5) is 34.8. The Morgan fingerprint density at radius 1 is 0.957 bits per heavy atom. The van der Waals surface area contributed by atoms with Gasteiger partial charge in [0.1, 0.15) is 17.3 Å². The molecule has 0 aliphatic carbocycles. The Balaban J connectivity index is 1.29. The molecule has 1 saturated heterocycles. The first-order valence-corrected chi connectivity index (χ1v) is 15.9. The molecule has 0 spiro atoms. The van der Waals surface area contributed by atoms with Gasteiger partial charge in [-0.15, -0.1) is 0 Å². The highest BCUT2D eigenvalue weighted by molar-refractivity contribution is 7.89. The number of H-pyrrole nitrogens is 1. The van der Waals surface area contributed by atoms with E-state index in [1.54, 1.807) is 49.9 Å². The van der Waals surface area contributed by atoms with Crippen LogP contribution < -0.4 is 15.5 Å². The molecule has 13 nitrogen and oxygen atoms in total. The van der Waals surface area contributed by atoms with E-state index >= 15 is 0 Å². The van der Waals surface area contributed by atoms with Crippen LogP contribution in [0.3, 0.4) is 0 Å². The molecule has 3 N–H and O–H groups in total. The lowest BCUT2D eigenvalue weighted by Gasteiger charge is -2.34. The number of piperazine rings is 1. The molecule has 4 aromatic rings. The molecule has 46 heavy (non-hydrogen) atoms. The Hall–Kier alpha value is -4.67. The number of halogens is 2. The van der Waals surface area contributed by atoms with Gasteiger partial charge in [0.2, 0.25) is 10.0 Å². The fraction of sp³-hybridized carbons (Fsp3) is 0.333. The summed E-state index contributed by atoms with van der Waals surface area (Å²) in [5.74, 6) is -3.05. The average molecular weight is 654 g/mol. The molecule has 2 aromatic heterocycles. The van der Waals surface area contributed by atoms with Crippen LogP contribution in [0.4, 0.5) is 26.0 Å². The van der Waals surface area contributed by atoms with Crippen molar-refractivity contribution in [3.63, 3.8) is 0 Å². The van der Waals surface area contributed by atoms with Crippen LogP contribution in [0.2, 0.25) is 0 Å². The summed E-state index contributed by atoms with van der Waals surface area (Å²) in [6.45, 7) is 6.29. The van der Waals surface area contributed by atoms with Crippen LogP contribution in [0, 0.1) is 11.6 Å². The van der Waals surface area contributed by atoms with E-state index in [2.05, 4.69) is 35.6 Å². The van der Waals surface area contributed by atoms with Crippen LogP contribution in [0.5, 0.6) is 0 Å². The lowest BCUT2D eigenvalue weighted by molar-refractivity contribution is 0.102. The quantitative estimate of drug-likeness (QED) is 0.276. The fourth-order valence-corrected chi connectivity index (χ4v) is 7.54. The van der Waals surface area contributed by atoms with Crippen LogP contribution in [-0.4, -0.2) is 82.4 Å². The zero-order valence-corrected chi connectivity index (χ0v) is 26.5. The highest BCUT2D eigenvalue weighted by Gasteiger charge is 2.48. The van der Waals surface area contributed by atoms with Crippen LogP contribution in [-0.2, 0) is 29.2 Å². The third-order valence-corrected chi connectivity index (χ3v) is 10.4. The van der Waals surface area contributed by atoms with Crippen molar-refractivity contribution >= 4 is 39.0 Å². The number of rotatable bonds is 7. The van der Waals surface area contributed by atoms with Crippen molar-refractivity contribution in [3.8, 4) is 0 Å². The van der Waals surface area contributed by atoms with E-state index in [4.69, 9.17) is 0 Å². The molecular formula is C30H33F2N9O4S. The minimum Gasteiger partial charge on any atom is -0.369 e. The number of anilines is 3. The van der Waals surface area contributed by atoms with Crippen LogP contribution >= 0.6 is 0 Å². The second-order valence-electron chi connectivity index (χ2n) is 12.0. The van der Waals surface area contributed by atoms with Crippen molar-refractivity contribution < 1.29 is 26.8 Å². The van der Waals surface area contributed by atoms with E-state index in [-0.39, 0.29) is 29.3 Å². The number of imidazole rings is 1. The first-order chi connectivity index (χ1) is 21.7. The SMILES string of the molecule is CN1CCN(c2ccc(C(=O)Nc3n[nH]c4c3CN(S(=O)(=O)c3cc(F)cc(F)c3)C4(C)C)c(NC(=O)c3cn(C)cn3)c2)CC1. The molecule has 2 aromatic carbocycles. The molecule has 1 fully saturated rings. The summed E-state index contributed by atoms with van der Waals surface area (Å²) in [7, 11) is -0.573. The van der Waals surface area contributed by atoms with Crippen LogP contribution in [0.15, 0.2) is 53.8 Å². The molecule has 2 aliphatic heterocycles. The Bertz CT molecular complexity index is 1930. The maximum absolute atomic E-state index is 13.9. The van der Waals surface area contributed by atoms with Gasteiger partial charge < -0.3 is 25.0 Å². The van der Waals surface area contributed by atoms with Gasteiger partial charge in [0, 0.05) is 63.3 Å². The molecule has 2 amide bonds. The molecule has 16 heteroatoms. The monoisotopic (exact) mass is 653 g/mol. The van der Waals surface area contributed by atoms with Crippen molar-refractivity contribution in [1.82, 2.24) is 29.0 Å². The number of aryl methyl sites for hydroxylation is 1. The smallest absolute Gasteiger partial charge is 0.275 e. The first kappa shape index (κ1) is 31.3. The third-order valence-electron chi connectivity index (χ3n) is 8.36. The van der Waals surface area contributed by atoms with Gasteiger partial charge in [-0.1, -0.05) is 0 Å². The second kappa shape index (κ2) is 11.6. The number of hydrogen-bond acceptors (Lipinski definition) is 8. The summed E-state index contributed by atoms with van der Waals surface area (Å²) in [5.41, 5.74) is 1.03. The van der Waals surface area contributed by atoms with Crippen molar-refractivity contribution in [3.05, 3.63) is 83.1 Å². The topological polar surface area (TPSA) is 149 Å². The third kappa shape index (κ3) is 5.74. The second-order valence-corrected chi connectivity index (χ2v) is 13.8. The van der Waals surface area contributed by atoms with E-state index < -0.39 is 43.9 Å². The maximum atomic E-state index is 13.9. The van der Waals surface area contributed by atoms with Gasteiger partial charge in [0.15, 0.2) is 5.82 Å². The molecule has 0 atom stereocenters. The minimum atomic E-state index is -4.36. The zero-order chi connectivity index (χ0) is 33.0. The molecule has 2 aliphatic rings. The highest BCUT2D eigenvalue weighted by Crippen LogP contribution is 2.44. The number of nitrogens with one attached hydrogen (secondary N) is 3. The molecule has 0 unspecified atom stereocenters. The zero-order valence-electron chi connectivity index (χ0n) is 25.6. The molecule has 242 valence electrons. The number of nitrogens with zero attached hydrogens (tertiary/aromatic N) is 6. The normalized spacial score (nSPS) is 16.8. The van der Waals surface area contributed by atoms with Crippen LogP contribution in [0.25, 0.3) is 0 Å². The van der Waals surface area contributed by atoms with E-state index in [1.807, 2.05) is 7.05 Å². The number of fused-ring (bicyclic) bond motifs is 1. The van der Waals surface area contributed by atoms with Crippen molar-refractivity contribution in [2.75, 3.05) is 48.8 Å². The maximum Gasteiger partial charge on any atom is 0.275 e. The molecule has 0 radical (unpaired) electrons. The molecule has 0 bridgehead atoms. The van der Waals surface area contributed by atoms with Crippen molar-refractivity contribution in [2.45, 2.75) is 30.8 Å². The molecular weight excluding hydrogens is 620 g/mol. The molecule has 0 saturated carbocycles. The van der Waals surface area contributed by atoms with Gasteiger partial charge in [-0.3, -0.25) is 14.7 Å². The largest absolute Gasteiger partial charge is 0.369 e. The average Bonchev–Trinajstić information content (AvgIpc) is 3.68. The predicted octanol–water partition coefficient (Wildman–Crippen LogP) is 3.12. The Kier molecular flexibility index (Phi) is 7.90. The molecule has 4 heterocycles. The Morgan fingerprint density at radius 2 is 1.65 bits per heavy atom. The summed E-state index contributed by atoms with van der Waals surface area (Å²) in [6.07, 6.45) is 3.06. The summed E-state index contributed by atoms with van der Waals surface area (Å²) >= 11 is 0. The number of carbonyl (C=O) groups is 2.